The number of nitrogens with one attached hydrogen (secondary N) is 1. The molecular formula is C18H28N2O3. The van der Waals surface area contributed by atoms with Crippen molar-refractivity contribution in [3.05, 3.63) is 24.2 Å². The van der Waals surface area contributed by atoms with Crippen molar-refractivity contribution < 1.29 is 13.9 Å². The zero-order valence-corrected chi connectivity index (χ0v) is 14.4. The van der Waals surface area contributed by atoms with Gasteiger partial charge in [0.1, 0.15) is 6.26 Å². The van der Waals surface area contributed by atoms with E-state index in [9.17, 15) is 4.79 Å². The minimum Gasteiger partial charge on any atom is -0.472 e. The minimum atomic E-state index is 0.0811. The van der Waals surface area contributed by atoms with Crippen LogP contribution in [0.3, 0.4) is 0 Å². The van der Waals surface area contributed by atoms with Gasteiger partial charge < -0.3 is 19.4 Å². The Kier molecular flexibility index (Phi) is 4.78. The molecule has 1 aromatic heterocycles. The van der Waals surface area contributed by atoms with Crippen molar-refractivity contribution in [2.75, 3.05) is 19.7 Å². The van der Waals surface area contributed by atoms with E-state index in [1.165, 1.54) is 6.26 Å². The Morgan fingerprint density at radius 1 is 1.43 bits per heavy atom. The molecule has 1 saturated heterocycles. The number of ether oxygens (including phenoxy) is 1. The van der Waals surface area contributed by atoms with E-state index in [0.29, 0.717) is 23.8 Å². The second-order valence-corrected chi connectivity index (χ2v) is 7.30. The lowest BCUT2D eigenvalue weighted by atomic mass is 9.64. The van der Waals surface area contributed by atoms with E-state index >= 15 is 0 Å². The van der Waals surface area contributed by atoms with E-state index < -0.39 is 0 Å². The van der Waals surface area contributed by atoms with Crippen LogP contribution in [0.2, 0.25) is 0 Å². The third-order valence-corrected chi connectivity index (χ3v) is 5.53. The maximum absolute atomic E-state index is 12.3. The summed E-state index contributed by atoms with van der Waals surface area (Å²) in [5.41, 5.74) is 0.843. The number of nitrogens with zero attached hydrogens (tertiary/aromatic N) is 1. The standard InChI is InChI=1S/C18H28N2O3/c1-4-23-16-11-15(18(16,2)3)19-14-5-8-20(9-6-14)17(21)13-7-10-22-12-13/h7,10,12,14-16,19H,4-6,8-9,11H2,1-3H3. The van der Waals surface area contributed by atoms with E-state index in [2.05, 4.69) is 26.1 Å². The summed E-state index contributed by atoms with van der Waals surface area (Å²) in [6.07, 6.45) is 6.56. The topological polar surface area (TPSA) is 54.7 Å². The lowest BCUT2D eigenvalue weighted by molar-refractivity contribution is -0.117. The molecule has 0 aromatic carbocycles. The number of carbonyl (C=O) groups excluding carboxylic acids is 1. The quantitative estimate of drug-likeness (QED) is 0.906. The number of carbonyl (C=O) groups is 1. The molecule has 1 aliphatic carbocycles. The van der Waals surface area contributed by atoms with Gasteiger partial charge in [-0.2, -0.15) is 0 Å². The van der Waals surface area contributed by atoms with Crippen molar-refractivity contribution in [1.82, 2.24) is 10.2 Å². The molecule has 2 atom stereocenters. The number of likely N-dealkylation sites (tertiary alicyclic amines) is 1. The summed E-state index contributed by atoms with van der Waals surface area (Å²) in [4.78, 5) is 14.2. The summed E-state index contributed by atoms with van der Waals surface area (Å²) in [6.45, 7) is 9.03. The summed E-state index contributed by atoms with van der Waals surface area (Å²) in [6, 6.07) is 2.74. The number of rotatable bonds is 5. The zero-order chi connectivity index (χ0) is 16.4. The van der Waals surface area contributed by atoms with Crippen molar-refractivity contribution in [3.8, 4) is 0 Å². The molecule has 0 bridgehead atoms. The molecule has 1 amide bonds. The van der Waals surface area contributed by atoms with Gasteiger partial charge in [-0.15, -0.1) is 0 Å². The maximum atomic E-state index is 12.3. The van der Waals surface area contributed by atoms with E-state index in [-0.39, 0.29) is 11.3 Å². The molecular weight excluding hydrogens is 292 g/mol. The normalized spacial score (nSPS) is 27.7. The molecule has 2 unspecified atom stereocenters. The van der Waals surface area contributed by atoms with Gasteiger partial charge in [-0.1, -0.05) is 13.8 Å². The van der Waals surface area contributed by atoms with Crippen molar-refractivity contribution >= 4 is 5.91 Å². The first kappa shape index (κ1) is 16.5. The first-order valence-corrected chi connectivity index (χ1v) is 8.71. The van der Waals surface area contributed by atoms with Gasteiger partial charge in [0.15, 0.2) is 0 Å². The van der Waals surface area contributed by atoms with Gasteiger partial charge in [0.05, 0.1) is 17.9 Å². The lowest BCUT2D eigenvalue weighted by Gasteiger charge is -2.53. The molecule has 2 fully saturated rings. The first-order valence-electron chi connectivity index (χ1n) is 8.71. The summed E-state index contributed by atoms with van der Waals surface area (Å²) < 4.78 is 10.8. The van der Waals surface area contributed by atoms with Gasteiger partial charge in [0.25, 0.3) is 5.91 Å². The van der Waals surface area contributed by atoms with Gasteiger partial charge in [0.2, 0.25) is 0 Å². The van der Waals surface area contributed by atoms with Gasteiger partial charge in [-0.25, -0.2) is 0 Å². The van der Waals surface area contributed by atoms with Gasteiger partial charge in [-0.05, 0) is 32.3 Å². The third kappa shape index (κ3) is 3.31. The second-order valence-electron chi connectivity index (χ2n) is 7.30. The first-order chi connectivity index (χ1) is 11.0. The monoisotopic (exact) mass is 320 g/mol. The molecule has 0 radical (unpaired) electrons. The molecule has 1 N–H and O–H groups in total. The molecule has 1 saturated carbocycles. The van der Waals surface area contributed by atoms with Crippen molar-refractivity contribution in [2.24, 2.45) is 5.41 Å². The number of piperidine rings is 1. The zero-order valence-electron chi connectivity index (χ0n) is 14.4. The Balaban J connectivity index is 1.46. The highest BCUT2D eigenvalue weighted by Crippen LogP contribution is 2.43. The lowest BCUT2D eigenvalue weighted by Crippen LogP contribution is -2.63. The van der Waals surface area contributed by atoms with Crippen LogP contribution in [-0.4, -0.2) is 48.7 Å². The minimum absolute atomic E-state index is 0.0811. The number of hydrogen-bond donors (Lipinski definition) is 1. The fraction of sp³-hybridized carbons (Fsp3) is 0.722. The highest BCUT2D eigenvalue weighted by molar-refractivity contribution is 5.93. The molecule has 5 heteroatoms. The fourth-order valence-corrected chi connectivity index (χ4v) is 3.75. The summed E-state index contributed by atoms with van der Waals surface area (Å²) in [5, 5.41) is 3.79. The SMILES string of the molecule is CCOC1CC(NC2CCN(C(=O)c3ccoc3)CC2)C1(C)C. The fourth-order valence-electron chi connectivity index (χ4n) is 3.75. The Morgan fingerprint density at radius 3 is 2.74 bits per heavy atom. The van der Waals surface area contributed by atoms with Gasteiger partial charge in [0, 0.05) is 37.2 Å². The van der Waals surface area contributed by atoms with Gasteiger partial charge >= 0.3 is 0 Å². The van der Waals surface area contributed by atoms with Crippen LogP contribution in [0, 0.1) is 5.41 Å². The van der Waals surface area contributed by atoms with Crippen LogP contribution in [0.15, 0.2) is 23.0 Å². The van der Waals surface area contributed by atoms with Crippen LogP contribution in [0.25, 0.3) is 0 Å². The van der Waals surface area contributed by atoms with Crippen LogP contribution in [0.1, 0.15) is 50.4 Å². The molecule has 2 heterocycles. The summed E-state index contributed by atoms with van der Waals surface area (Å²) >= 11 is 0. The Labute approximate surface area is 138 Å². The Morgan fingerprint density at radius 2 is 2.17 bits per heavy atom. The molecule has 5 nitrogen and oxygen atoms in total. The molecule has 128 valence electrons. The highest BCUT2D eigenvalue weighted by Gasteiger charge is 2.49. The smallest absolute Gasteiger partial charge is 0.257 e. The summed E-state index contributed by atoms with van der Waals surface area (Å²) in [5.74, 6) is 0.0811. The average molecular weight is 320 g/mol. The van der Waals surface area contributed by atoms with Crippen molar-refractivity contribution in [3.63, 3.8) is 0 Å². The van der Waals surface area contributed by atoms with Crippen molar-refractivity contribution in [2.45, 2.75) is 58.2 Å². The Bertz CT molecular complexity index is 518. The third-order valence-electron chi connectivity index (χ3n) is 5.53. The van der Waals surface area contributed by atoms with Gasteiger partial charge in [-0.3, -0.25) is 4.79 Å². The number of hydrogen-bond acceptors (Lipinski definition) is 4. The van der Waals surface area contributed by atoms with Crippen LogP contribution in [0.5, 0.6) is 0 Å². The average Bonchev–Trinajstić information content (AvgIpc) is 3.08. The van der Waals surface area contributed by atoms with E-state index in [0.717, 1.165) is 39.0 Å². The maximum Gasteiger partial charge on any atom is 0.257 e. The molecule has 3 rings (SSSR count). The summed E-state index contributed by atoms with van der Waals surface area (Å²) in [7, 11) is 0. The molecule has 1 aromatic rings. The van der Waals surface area contributed by atoms with Crippen LogP contribution in [0.4, 0.5) is 0 Å². The number of amides is 1. The highest BCUT2D eigenvalue weighted by atomic mass is 16.5. The Hall–Kier alpha value is -1.33. The number of furan rings is 1. The molecule has 2 aliphatic rings. The molecule has 23 heavy (non-hydrogen) atoms. The predicted octanol–water partition coefficient (Wildman–Crippen LogP) is 2.68. The van der Waals surface area contributed by atoms with Crippen LogP contribution < -0.4 is 5.32 Å². The largest absolute Gasteiger partial charge is 0.472 e. The second kappa shape index (κ2) is 6.65. The van der Waals surface area contributed by atoms with E-state index in [4.69, 9.17) is 9.15 Å². The molecule has 0 spiro atoms. The van der Waals surface area contributed by atoms with E-state index in [1.807, 2.05) is 4.90 Å². The van der Waals surface area contributed by atoms with Crippen LogP contribution >= 0.6 is 0 Å². The van der Waals surface area contributed by atoms with Crippen LogP contribution in [-0.2, 0) is 4.74 Å². The molecule has 1 aliphatic heterocycles. The van der Waals surface area contributed by atoms with E-state index in [1.54, 1.807) is 12.3 Å². The predicted molar refractivity (Wildman–Crippen MR) is 88.4 cm³/mol. The van der Waals surface area contributed by atoms with Crippen molar-refractivity contribution in [1.29, 1.82) is 0 Å².